The van der Waals surface area contributed by atoms with E-state index in [9.17, 15) is 0 Å². The van der Waals surface area contributed by atoms with Crippen molar-refractivity contribution in [3.05, 3.63) is 0 Å². The van der Waals surface area contributed by atoms with Gasteiger partial charge in [-0.15, -0.1) is 0 Å². The fraction of sp³-hybridized carbons (Fsp3) is 1.00. The molecule has 0 aliphatic carbocycles. The summed E-state index contributed by atoms with van der Waals surface area (Å²) in [5, 5.41) is 8.35. The molecule has 0 aromatic rings. The van der Waals surface area contributed by atoms with Gasteiger partial charge in [-0.3, -0.25) is 0 Å². The lowest BCUT2D eigenvalue weighted by molar-refractivity contribution is 0.0237. The molecule has 3 nitrogen and oxygen atoms in total. The Hall–Kier alpha value is -0.120. The first-order valence-electron chi connectivity index (χ1n) is 3.18. The fourth-order valence-electron chi connectivity index (χ4n) is 0.672. The molecule has 54 valence electrons. The lowest BCUT2D eigenvalue weighted by atomic mass is 10.3. The molecule has 0 amide bonds. The average Bonchev–Trinajstić information content (AvgIpc) is 2.63. The second-order valence-electron chi connectivity index (χ2n) is 2.17. The van der Waals surface area contributed by atoms with Crippen LogP contribution in [0.1, 0.15) is 6.92 Å². The van der Waals surface area contributed by atoms with Crippen LogP contribution in [0.2, 0.25) is 0 Å². The van der Waals surface area contributed by atoms with Crippen LogP contribution in [0, 0.1) is 0 Å². The van der Waals surface area contributed by atoms with Crippen LogP contribution in [0.5, 0.6) is 0 Å². The van der Waals surface area contributed by atoms with Gasteiger partial charge in [-0.05, 0) is 6.92 Å². The van der Waals surface area contributed by atoms with Gasteiger partial charge >= 0.3 is 0 Å². The Morgan fingerprint density at radius 2 is 2.56 bits per heavy atom. The van der Waals surface area contributed by atoms with E-state index in [4.69, 9.17) is 14.6 Å². The molecular formula is C6H12O3. The zero-order valence-corrected chi connectivity index (χ0v) is 5.54. The number of aliphatic hydroxyl groups is 1. The summed E-state index contributed by atoms with van der Waals surface area (Å²) in [5.41, 5.74) is 0. The minimum atomic E-state index is 0.0943. The van der Waals surface area contributed by atoms with E-state index >= 15 is 0 Å². The molecule has 1 aliphatic heterocycles. The van der Waals surface area contributed by atoms with Crippen molar-refractivity contribution in [3.8, 4) is 0 Å². The van der Waals surface area contributed by atoms with E-state index < -0.39 is 0 Å². The third-order valence-corrected chi connectivity index (χ3v) is 1.35. The normalized spacial score (nSPS) is 28.0. The van der Waals surface area contributed by atoms with Crippen LogP contribution in [0.3, 0.4) is 0 Å². The van der Waals surface area contributed by atoms with Crippen molar-refractivity contribution >= 4 is 0 Å². The second-order valence-corrected chi connectivity index (χ2v) is 2.17. The minimum absolute atomic E-state index is 0.0943. The molecule has 2 unspecified atom stereocenters. The van der Waals surface area contributed by atoms with Crippen molar-refractivity contribution in [1.29, 1.82) is 0 Å². The first-order chi connectivity index (χ1) is 4.34. The molecule has 1 rings (SSSR count). The van der Waals surface area contributed by atoms with Crippen molar-refractivity contribution in [2.75, 3.05) is 19.8 Å². The molecule has 1 heterocycles. The smallest absolute Gasteiger partial charge is 0.107 e. The lowest BCUT2D eigenvalue weighted by Gasteiger charge is -2.07. The van der Waals surface area contributed by atoms with Gasteiger partial charge in [0.25, 0.3) is 0 Å². The van der Waals surface area contributed by atoms with Crippen molar-refractivity contribution in [2.45, 2.75) is 19.1 Å². The third kappa shape index (κ3) is 2.30. The molecule has 0 aromatic carbocycles. The van der Waals surface area contributed by atoms with Crippen LogP contribution in [0.25, 0.3) is 0 Å². The number of rotatable bonds is 4. The zero-order valence-electron chi connectivity index (χ0n) is 5.54. The van der Waals surface area contributed by atoms with Gasteiger partial charge in [-0.1, -0.05) is 0 Å². The van der Waals surface area contributed by atoms with Gasteiger partial charge in [-0.2, -0.15) is 0 Å². The first-order valence-corrected chi connectivity index (χ1v) is 3.18. The predicted octanol–water partition coefficient (Wildman–Crippen LogP) is -0.217. The van der Waals surface area contributed by atoms with Gasteiger partial charge in [-0.25, -0.2) is 0 Å². The van der Waals surface area contributed by atoms with Gasteiger partial charge in [0, 0.05) is 0 Å². The topological polar surface area (TPSA) is 42.0 Å². The van der Waals surface area contributed by atoms with Gasteiger partial charge in [0.15, 0.2) is 0 Å². The van der Waals surface area contributed by atoms with E-state index in [-0.39, 0.29) is 18.8 Å². The Balaban J connectivity index is 1.96. The summed E-state index contributed by atoms with van der Waals surface area (Å²) < 4.78 is 10.1. The Bertz CT molecular complexity index is 80.4. The Labute approximate surface area is 54.6 Å². The van der Waals surface area contributed by atoms with E-state index in [0.29, 0.717) is 6.61 Å². The molecular weight excluding hydrogens is 120 g/mol. The van der Waals surface area contributed by atoms with E-state index in [0.717, 1.165) is 6.61 Å². The van der Waals surface area contributed by atoms with Gasteiger partial charge in [0.05, 0.1) is 25.9 Å². The SMILES string of the molecule is CC(OCCO)C1CO1. The standard InChI is InChI=1S/C6H12O3/c1-5(6-4-9-6)8-3-2-7/h5-7H,2-4H2,1H3. The summed E-state index contributed by atoms with van der Waals surface area (Å²) in [5.74, 6) is 0. The van der Waals surface area contributed by atoms with Crippen LogP contribution in [-0.4, -0.2) is 37.1 Å². The lowest BCUT2D eigenvalue weighted by Crippen LogP contribution is -2.17. The monoisotopic (exact) mass is 132 g/mol. The van der Waals surface area contributed by atoms with Crippen LogP contribution < -0.4 is 0 Å². The number of epoxide rings is 1. The molecule has 1 aliphatic rings. The van der Waals surface area contributed by atoms with E-state index in [1.54, 1.807) is 0 Å². The van der Waals surface area contributed by atoms with Gasteiger partial charge in [0.2, 0.25) is 0 Å². The second kappa shape index (κ2) is 3.15. The predicted molar refractivity (Wildman–Crippen MR) is 32.2 cm³/mol. The molecule has 1 saturated heterocycles. The molecule has 1 fully saturated rings. The number of aliphatic hydroxyl groups excluding tert-OH is 1. The maximum absolute atomic E-state index is 8.35. The number of hydrogen-bond donors (Lipinski definition) is 1. The van der Waals surface area contributed by atoms with Crippen LogP contribution in [-0.2, 0) is 9.47 Å². The Kier molecular flexibility index (Phi) is 2.45. The third-order valence-electron chi connectivity index (χ3n) is 1.35. The molecule has 9 heavy (non-hydrogen) atoms. The number of hydrogen-bond acceptors (Lipinski definition) is 3. The Morgan fingerprint density at radius 3 is 3.00 bits per heavy atom. The molecule has 0 aromatic heterocycles. The highest BCUT2D eigenvalue weighted by Gasteiger charge is 2.29. The number of ether oxygens (including phenoxy) is 2. The van der Waals surface area contributed by atoms with Crippen LogP contribution in [0.4, 0.5) is 0 Å². The van der Waals surface area contributed by atoms with Crippen molar-refractivity contribution in [3.63, 3.8) is 0 Å². The molecule has 0 spiro atoms. The highest BCUT2D eigenvalue weighted by Crippen LogP contribution is 2.15. The van der Waals surface area contributed by atoms with Crippen molar-refractivity contribution in [2.24, 2.45) is 0 Å². The summed E-state index contributed by atoms with van der Waals surface area (Å²) in [4.78, 5) is 0. The molecule has 0 radical (unpaired) electrons. The highest BCUT2D eigenvalue weighted by molar-refractivity contribution is 4.75. The van der Waals surface area contributed by atoms with Crippen molar-refractivity contribution < 1.29 is 14.6 Å². The van der Waals surface area contributed by atoms with Gasteiger partial charge in [0.1, 0.15) is 6.10 Å². The fourth-order valence-corrected chi connectivity index (χ4v) is 0.672. The molecule has 0 saturated carbocycles. The molecule has 0 bridgehead atoms. The Morgan fingerprint density at radius 1 is 1.89 bits per heavy atom. The quantitative estimate of drug-likeness (QED) is 0.538. The molecule has 2 atom stereocenters. The average molecular weight is 132 g/mol. The highest BCUT2D eigenvalue weighted by atomic mass is 16.6. The van der Waals surface area contributed by atoms with Crippen LogP contribution in [0.15, 0.2) is 0 Å². The summed E-state index contributed by atoms with van der Waals surface area (Å²) in [7, 11) is 0. The summed E-state index contributed by atoms with van der Waals surface area (Å²) >= 11 is 0. The molecule has 1 N–H and O–H groups in total. The maximum atomic E-state index is 8.35. The van der Waals surface area contributed by atoms with E-state index in [2.05, 4.69) is 0 Å². The van der Waals surface area contributed by atoms with Gasteiger partial charge < -0.3 is 14.6 Å². The van der Waals surface area contributed by atoms with E-state index in [1.807, 2.05) is 6.92 Å². The van der Waals surface area contributed by atoms with Crippen molar-refractivity contribution in [1.82, 2.24) is 0 Å². The zero-order chi connectivity index (χ0) is 6.69. The largest absolute Gasteiger partial charge is 0.394 e. The molecule has 3 heteroatoms. The van der Waals surface area contributed by atoms with Crippen LogP contribution >= 0.6 is 0 Å². The minimum Gasteiger partial charge on any atom is -0.394 e. The maximum Gasteiger partial charge on any atom is 0.107 e. The first kappa shape index (κ1) is 6.99. The summed E-state index contributed by atoms with van der Waals surface area (Å²) in [6.07, 6.45) is 0.439. The summed E-state index contributed by atoms with van der Waals surface area (Å²) in [6, 6.07) is 0. The van der Waals surface area contributed by atoms with E-state index in [1.165, 1.54) is 0 Å². The summed E-state index contributed by atoms with van der Waals surface area (Å²) in [6.45, 7) is 3.28.